The van der Waals surface area contributed by atoms with Crippen LogP contribution in [-0.2, 0) is 16.1 Å². The summed E-state index contributed by atoms with van der Waals surface area (Å²) in [5.41, 5.74) is 5.92. The highest BCUT2D eigenvalue weighted by molar-refractivity contribution is 7.99. The molecule has 4 rings (SSSR count). The van der Waals surface area contributed by atoms with E-state index in [1.165, 1.54) is 10.8 Å². The Morgan fingerprint density at radius 2 is 2.00 bits per heavy atom. The molecular formula is C18H17N5O5S. The molecule has 0 saturated heterocycles. The van der Waals surface area contributed by atoms with Gasteiger partial charge in [-0.05, 0) is 24.3 Å². The molecule has 0 bridgehead atoms. The highest BCUT2D eigenvalue weighted by atomic mass is 32.2. The Labute approximate surface area is 169 Å². The molecule has 0 radical (unpaired) electrons. The summed E-state index contributed by atoms with van der Waals surface area (Å²) in [5.74, 6) is 1.30. The van der Waals surface area contributed by atoms with Crippen LogP contribution in [0.25, 0.3) is 11.6 Å². The molecule has 0 spiro atoms. The van der Waals surface area contributed by atoms with Crippen molar-refractivity contribution in [3.05, 3.63) is 36.6 Å². The second kappa shape index (κ2) is 8.27. The molecule has 2 amide bonds. The van der Waals surface area contributed by atoms with Crippen LogP contribution in [0.1, 0.15) is 0 Å². The molecule has 10 nitrogen and oxygen atoms in total. The van der Waals surface area contributed by atoms with Gasteiger partial charge in [0, 0.05) is 11.8 Å². The highest BCUT2D eigenvalue weighted by Gasteiger charge is 2.19. The summed E-state index contributed by atoms with van der Waals surface area (Å²) in [6.07, 6.45) is 1.49. The van der Waals surface area contributed by atoms with E-state index in [1.54, 1.807) is 30.3 Å². The molecule has 3 heterocycles. The predicted molar refractivity (Wildman–Crippen MR) is 104 cm³/mol. The summed E-state index contributed by atoms with van der Waals surface area (Å²) in [5, 5.41) is 11.3. The summed E-state index contributed by atoms with van der Waals surface area (Å²) in [7, 11) is 0. The molecule has 0 unspecified atom stereocenters. The first-order chi connectivity index (χ1) is 14.1. The zero-order valence-corrected chi connectivity index (χ0v) is 16.0. The average molecular weight is 415 g/mol. The van der Waals surface area contributed by atoms with Gasteiger partial charge in [0.05, 0.1) is 12.0 Å². The summed E-state index contributed by atoms with van der Waals surface area (Å²) < 4.78 is 17.8. The number of benzene rings is 1. The smallest absolute Gasteiger partial charge is 0.237 e. The Bertz CT molecular complexity index is 1030. The zero-order chi connectivity index (χ0) is 20.2. The van der Waals surface area contributed by atoms with Crippen molar-refractivity contribution in [2.75, 3.05) is 24.3 Å². The lowest BCUT2D eigenvalue weighted by Gasteiger charge is -2.19. The van der Waals surface area contributed by atoms with Crippen molar-refractivity contribution in [2.24, 2.45) is 5.73 Å². The van der Waals surface area contributed by atoms with E-state index in [9.17, 15) is 9.59 Å². The fraction of sp³-hybridized carbons (Fsp3) is 0.222. The van der Waals surface area contributed by atoms with Gasteiger partial charge < -0.3 is 24.9 Å². The van der Waals surface area contributed by atoms with E-state index in [-0.39, 0.29) is 18.2 Å². The summed E-state index contributed by atoms with van der Waals surface area (Å²) in [6, 6.07) is 8.59. The Balaban J connectivity index is 1.43. The van der Waals surface area contributed by atoms with Gasteiger partial charge in [0.2, 0.25) is 17.6 Å². The van der Waals surface area contributed by atoms with Crippen molar-refractivity contribution < 1.29 is 23.5 Å². The van der Waals surface area contributed by atoms with Crippen LogP contribution in [0.5, 0.6) is 11.5 Å². The van der Waals surface area contributed by atoms with E-state index in [4.69, 9.17) is 19.6 Å². The predicted octanol–water partition coefficient (Wildman–Crippen LogP) is 1.53. The van der Waals surface area contributed by atoms with Gasteiger partial charge in [0.1, 0.15) is 19.8 Å². The SMILES string of the molecule is NC(=O)Cn1c(SCC(=O)Nc2ccc3c(c2)OCCO3)nnc1-c1ccco1. The third-order valence-corrected chi connectivity index (χ3v) is 4.90. The first-order valence-electron chi connectivity index (χ1n) is 8.68. The standard InChI is InChI=1S/C18H17N5O5S/c19-15(24)9-23-17(13-2-1-5-26-13)21-22-18(23)29-10-16(25)20-11-3-4-12-14(8-11)28-7-6-27-12/h1-5,8H,6-7,9-10H2,(H2,19,24)(H,20,25). The molecular weight excluding hydrogens is 398 g/mol. The third kappa shape index (κ3) is 4.35. The van der Waals surface area contributed by atoms with Gasteiger partial charge in [-0.2, -0.15) is 0 Å². The fourth-order valence-electron chi connectivity index (χ4n) is 2.73. The number of amides is 2. The van der Waals surface area contributed by atoms with Gasteiger partial charge >= 0.3 is 0 Å². The quantitative estimate of drug-likeness (QED) is 0.555. The first-order valence-corrected chi connectivity index (χ1v) is 9.66. The van der Waals surface area contributed by atoms with Crippen LogP contribution in [-0.4, -0.2) is 45.5 Å². The number of hydrogen-bond acceptors (Lipinski definition) is 8. The molecule has 29 heavy (non-hydrogen) atoms. The number of carbonyl (C=O) groups excluding carboxylic acids is 2. The van der Waals surface area contributed by atoms with Crippen molar-refractivity contribution in [1.29, 1.82) is 0 Å². The van der Waals surface area contributed by atoms with E-state index in [0.717, 1.165) is 11.8 Å². The Hall–Kier alpha value is -3.47. The van der Waals surface area contributed by atoms with Gasteiger partial charge in [0.15, 0.2) is 22.4 Å². The molecule has 3 aromatic rings. The van der Waals surface area contributed by atoms with Gasteiger partial charge in [-0.15, -0.1) is 10.2 Å². The maximum absolute atomic E-state index is 12.4. The number of aromatic nitrogens is 3. The van der Waals surface area contributed by atoms with Crippen molar-refractivity contribution in [3.8, 4) is 23.1 Å². The number of hydrogen-bond donors (Lipinski definition) is 2. The van der Waals surface area contributed by atoms with E-state index in [0.29, 0.717) is 47.1 Å². The molecule has 150 valence electrons. The average Bonchev–Trinajstić information content (AvgIpc) is 3.36. The Morgan fingerprint density at radius 1 is 1.17 bits per heavy atom. The third-order valence-electron chi connectivity index (χ3n) is 3.93. The summed E-state index contributed by atoms with van der Waals surface area (Å²) in [4.78, 5) is 23.8. The summed E-state index contributed by atoms with van der Waals surface area (Å²) in [6.45, 7) is 0.838. The van der Waals surface area contributed by atoms with Crippen LogP contribution in [0.15, 0.2) is 46.2 Å². The molecule has 0 saturated carbocycles. The minimum absolute atomic E-state index is 0.0590. The largest absolute Gasteiger partial charge is 0.486 e. The first kappa shape index (κ1) is 18.9. The number of nitrogens with one attached hydrogen (secondary N) is 1. The molecule has 0 aliphatic carbocycles. The minimum atomic E-state index is -0.555. The Kier molecular flexibility index (Phi) is 5.38. The molecule has 1 aliphatic heterocycles. The van der Waals surface area contributed by atoms with Crippen LogP contribution in [0.3, 0.4) is 0 Å². The number of anilines is 1. The topological polar surface area (TPSA) is 134 Å². The number of fused-ring (bicyclic) bond motifs is 1. The lowest BCUT2D eigenvalue weighted by Crippen LogP contribution is -2.20. The highest BCUT2D eigenvalue weighted by Crippen LogP contribution is 2.32. The van der Waals surface area contributed by atoms with Crippen molar-refractivity contribution in [3.63, 3.8) is 0 Å². The van der Waals surface area contributed by atoms with Crippen LogP contribution >= 0.6 is 11.8 Å². The monoisotopic (exact) mass is 415 g/mol. The van der Waals surface area contributed by atoms with Crippen LogP contribution < -0.4 is 20.5 Å². The molecule has 2 aromatic heterocycles. The van der Waals surface area contributed by atoms with Gasteiger partial charge in [-0.25, -0.2) is 0 Å². The number of carbonyl (C=O) groups is 2. The van der Waals surface area contributed by atoms with Crippen LogP contribution in [0.2, 0.25) is 0 Å². The number of nitrogens with two attached hydrogens (primary N) is 1. The van der Waals surface area contributed by atoms with Gasteiger partial charge in [-0.1, -0.05) is 11.8 Å². The second-order valence-corrected chi connectivity index (χ2v) is 6.97. The molecule has 1 aromatic carbocycles. The van der Waals surface area contributed by atoms with E-state index in [1.807, 2.05) is 0 Å². The molecule has 0 atom stereocenters. The number of furan rings is 1. The number of nitrogens with zero attached hydrogens (tertiary/aromatic N) is 3. The zero-order valence-electron chi connectivity index (χ0n) is 15.2. The Morgan fingerprint density at radius 3 is 2.76 bits per heavy atom. The molecule has 11 heteroatoms. The van der Waals surface area contributed by atoms with E-state index >= 15 is 0 Å². The lowest BCUT2D eigenvalue weighted by molar-refractivity contribution is -0.118. The number of rotatable bonds is 7. The van der Waals surface area contributed by atoms with Crippen LogP contribution in [0, 0.1) is 0 Å². The second-order valence-electron chi connectivity index (χ2n) is 6.03. The van der Waals surface area contributed by atoms with Crippen molar-refractivity contribution in [2.45, 2.75) is 11.7 Å². The fourth-order valence-corrected chi connectivity index (χ4v) is 3.47. The minimum Gasteiger partial charge on any atom is -0.486 e. The molecule has 0 fully saturated rings. The van der Waals surface area contributed by atoms with Crippen molar-refractivity contribution >= 4 is 29.3 Å². The normalized spacial score (nSPS) is 12.6. The lowest BCUT2D eigenvalue weighted by atomic mass is 10.2. The molecule has 3 N–H and O–H groups in total. The number of primary amides is 1. The van der Waals surface area contributed by atoms with Crippen LogP contribution in [0.4, 0.5) is 5.69 Å². The van der Waals surface area contributed by atoms with Gasteiger partial charge in [0.25, 0.3) is 0 Å². The van der Waals surface area contributed by atoms with Gasteiger partial charge in [-0.3, -0.25) is 14.2 Å². The summed E-state index contributed by atoms with van der Waals surface area (Å²) >= 11 is 1.14. The van der Waals surface area contributed by atoms with E-state index in [2.05, 4.69) is 15.5 Å². The van der Waals surface area contributed by atoms with Crippen molar-refractivity contribution in [1.82, 2.24) is 14.8 Å². The maximum Gasteiger partial charge on any atom is 0.237 e. The molecule has 1 aliphatic rings. The number of ether oxygens (including phenoxy) is 2. The van der Waals surface area contributed by atoms with E-state index < -0.39 is 5.91 Å². The maximum atomic E-state index is 12.4. The number of thioether (sulfide) groups is 1.